The molecule has 3 fully saturated rings. The fraction of sp³-hybridized carbons (Fsp3) is 0.500. The van der Waals surface area contributed by atoms with Crippen LogP contribution in [0.2, 0.25) is 5.02 Å². The van der Waals surface area contributed by atoms with Crippen LogP contribution in [0.5, 0.6) is 5.75 Å². The van der Waals surface area contributed by atoms with Crippen LogP contribution in [-0.2, 0) is 19.2 Å². The Morgan fingerprint density at radius 1 is 1.09 bits per heavy atom. The summed E-state index contributed by atoms with van der Waals surface area (Å²) in [6.07, 6.45) is 2.65. The molecule has 35 heavy (non-hydrogen) atoms. The Bertz CT molecular complexity index is 1210. The SMILES string of the molecule is CCCN1C(=O)[C@H]2[C@H](CC=C3[C@H]2C[C@@]2(Cl)C(=O)N(CBr)C(=O)[C@@]2(Cl)[C@H]3c2cc(Cl)ccc2O)C1=O. The minimum absolute atomic E-state index is 0.0874. The zero-order valence-electron chi connectivity index (χ0n) is 18.6. The number of phenols is 1. The van der Waals surface area contributed by atoms with Gasteiger partial charge in [0.2, 0.25) is 11.8 Å². The monoisotopic (exact) mass is 602 g/mol. The molecule has 11 heteroatoms. The Hall–Kier alpha value is -1.61. The average Bonchev–Trinajstić information content (AvgIpc) is 3.14. The van der Waals surface area contributed by atoms with Crippen LogP contribution >= 0.6 is 50.7 Å². The first-order valence-corrected chi connectivity index (χ1v) is 13.6. The molecule has 6 atom stereocenters. The lowest BCUT2D eigenvalue weighted by molar-refractivity contribution is -0.141. The molecular weight excluding hydrogens is 583 g/mol. The van der Waals surface area contributed by atoms with E-state index in [0.29, 0.717) is 23.6 Å². The third kappa shape index (κ3) is 3.15. The highest BCUT2D eigenvalue weighted by atomic mass is 79.9. The van der Waals surface area contributed by atoms with E-state index in [9.17, 15) is 24.3 Å². The number of rotatable bonds is 4. The number of fused-ring (bicyclic) bond motifs is 4. The molecule has 7 nitrogen and oxygen atoms in total. The standard InChI is InChI=1S/C24H22BrCl3N2O5/c1-2-7-29-19(32)13-5-4-12-15(17(13)20(29)33)9-23(27)21(34)30(10-25)22(35)24(23,28)18(12)14-8-11(26)3-6-16(14)31/h3-4,6,8,13,15,17-18,31H,2,5,7,9-10H2,1H3/t13-,15+,17-,18+,23+,24-/m0/s1. The van der Waals surface area contributed by atoms with E-state index in [2.05, 4.69) is 15.9 Å². The van der Waals surface area contributed by atoms with Gasteiger partial charge < -0.3 is 5.11 Å². The maximum absolute atomic E-state index is 13.6. The zero-order chi connectivity index (χ0) is 25.4. The lowest BCUT2D eigenvalue weighted by Gasteiger charge is -2.50. The molecule has 1 N–H and O–H groups in total. The summed E-state index contributed by atoms with van der Waals surface area (Å²) >= 11 is 23.6. The summed E-state index contributed by atoms with van der Waals surface area (Å²) in [4.78, 5) is 52.0. The minimum atomic E-state index is -1.97. The molecule has 5 rings (SSSR count). The van der Waals surface area contributed by atoms with Crippen molar-refractivity contribution in [3.05, 3.63) is 40.4 Å². The van der Waals surface area contributed by atoms with Crippen molar-refractivity contribution in [3.63, 3.8) is 0 Å². The number of allylic oxidation sites excluding steroid dienone is 2. The fourth-order valence-corrected chi connectivity index (χ4v) is 7.96. The van der Waals surface area contributed by atoms with Crippen LogP contribution in [-0.4, -0.2) is 60.3 Å². The Labute approximate surface area is 225 Å². The molecule has 2 saturated heterocycles. The van der Waals surface area contributed by atoms with E-state index in [-0.39, 0.29) is 41.4 Å². The summed E-state index contributed by atoms with van der Waals surface area (Å²) in [5, 5.41) is 11.1. The number of amides is 4. The first kappa shape index (κ1) is 25.1. The van der Waals surface area contributed by atoms with Crippen molar-refractivity contribution < 1.29 is 24.3 Å². The Morgan fingerprint density at radius 3 is 2.46 bits per heavy atom. The highest BCUT2D eigenvalue weighted by molar-refractivity contribution is 9.09. The van der Waals surface area contributed by atoms with E-state index in [4.69, 9.17) is 34.8 Å². The van der Waals surface area contributed by atoms with Crippen molar-refractivity contribution in [1.29, 1.82) is 0 Å². The molecule has 4 aliphatic rings. The van der Waals surface area contributed by atoms with Crippen LogP contribution in [0.25, 0.3) is 0 Å². The smallest absolute Gasteiger partial charge is 0.254 e. The van der Waals surface area contributed by atoms with E-state index in [0.717, 1.165) is 4.90 Å². The van der Waals surface area contributed by atoms with Crippen molar-refractivity contribution in [2.24, 2.45) is 17.8 Å². The number of benzene rings is 1. The number of alkyl halides is 3. The molecule has 2 heterocycles. The number of imide groups is 2. The second-order valence-corrected chi connectivity index (χ2v) is 11.7. The highest BCUT2D eigenvalue weighted by Gasteiger charge is 2.76. The number of hydrogen-bond donors (Lipinski definition) is 1. The fourth-order valence-electron chi connectivity index (χ4n) is 6.36. The van der Waals surface area contributed by atoms with Crippen molar-refractivity contribution in [3.8, 4) is 5.75 Å². The molecule has 4 amide bonds. The molecule has 2 aliphatic heterocycles. The molecule has 0 bridgehead atoms. The van der Waals surface area contributed by atoms with Gasteiger partial charge in [0, 0.05) is 23.0 Å². The van der Waals surface area contributed by atoms with Crippen LogP contribution < -0.4 is 0 Å². The summed E-state index contributed by atoms with van der Waals surface area (Å²) in [5.41, 5.74) is 0.748. The van der Waals surface area contributed by atoms with Crippen LogP contribution in [0.1, 0.15) is 37.7 Å². The molecule has 2 aliphatic carbocycles. The Kier molecular flexibility index (Phi) is 6.06. The van der Waals surface area contributed by atoms with Crippen molar-refractivity contribution >= 4 is 74.4 Å². The van der Waals surface area contributed by atoms with E-state index >= 15 is 0 Å². The van der Waals surface area contributed by atoms with Gasteiger partial charge >= 0.3 is 0 Å². The predicted molar refractivity (Wildman–Crippen MR) is 133 cm³/mol. The number of carbonyl (C=O) groups is 4. The van der Waals surface area contributed by atoms with Crippen LogP contribution in [0, 0.1) is 17.8 Å². The molecule has 0 spiro atoms. The number of phenolic OH excluding ortho intramolecular Hbond substituents is 1. The molecule has 0 radical (unpaired) electrons. The summed E-state index contributed by atoms with van der Waals surface area (Å²) in [6.45, 7) is 2.20. The van der Waals surface area contributed by atoms with Gasteiger partial charge in [0.15, 0.2) is 9.75 Å². The van der Waals surface area contributed by atoms with E-state index in [1.165, 1.54) is 23.1 Å². The summed E-state index contributed by atoms with van der Waals surface area (Å²) in [6, 6.07) is 4.38. The van der Waals surface area contributed by atoms with Crippen LogP contribution in [0.4, 0.5) is 0 Å². The van der Waals surface area contributed by atoms with Gasteiger partial charge in [0.1, 0.15) is 5.75 Å². The van der Waals surface area contributed by atoms with Gasteiger partial charge in [-0.15, -0.1) is 23.2 Å². The van der Waals surface area contributed by atoms with Crippen molar-refractivity contribution in [2.45, 2.75) is 41.9 Å². The predicted octanol–water partition coefficient (Wildman–Crippen LogP) is 4.17. The van der Waals surface area contributed by atoms with Gasteiger partial charge in [-0.1, -0.05) is 46.1 Å². The second-order valence-electron chi connectivity index (χ2n) is 9.52. The molecule has 186 valence electrons. The van der Waals surface area contributed by atoms with Crippen molar-refractivity contribution in [2.75, 3.05) is 12.0 Å². The van der Waals surface area contributed by atoms with Crippen LogP contribution in [0.3, 0.4) is 0 Å². The lowest BCUT2D eigenvalue weighted by Crippen LogP contribution is -2.60. The van der Waals surface area contributed by atoms with E-state index in [1.807, 2.05) is 13.0 Å². The first-order valence-electron chi connectivity index (χ1n) is 11.4. The van der Waals surface area contributed by atoms with E-state index in [1.54, 1.807) is 0 Å². The third-order valence-electron chi connectivity index (χ3n) is 7.85. The molecule has 0 unspecified atom stereocenters. The topological polar surface area (TPSA) is 95.0 Å². The molecule has 1 aromatic rings. The van der Waals surface area contributed by atoms with Crippen molar-refractivity contribution in [1.82, 2.24) is 9.80 Å². The summed E-state index contributed by atoms with van der Waals surface area (Å²) in [5.74, 6) is -5.02. The number of nitrogens with zero attached hydrogens (tertiary/aromatic N) is 2. The second kappa shape index (κ2) is 8.47. The van der Waals surface area contributed by atoms with Gasteiger partial charge in [0.25, 0.3) is 11.8 Å². The molecular formula is C24H22BrCl3N2O5. The Balaban J connectivity index is 1.74. The summed E-state index contributed by atoms with van der Waals surface area (Å²) in [7, 11) is 0. The zero-order valence-corrected chi connectivity index (χ0v) is 22.5. The van der Waals surface area contributed by atoms with Gasteiger partial charge in [-0.25, -0.2) is 0 Å². The maximum Gasteiger partial charge on any atom is 0.254 e. The lowest BCUT2D eigenvalue weighted by atomic mass is 9.56. The van der Waals surface area contributed by atoms with Gasteiger partial charge in [-0.05, 0) is 43.4 Å². The average molecular weight is 605 g/mol. The normalized spacial score (nSPS) is 36.3. The largest absolute Gasteiger partial charge is 0.508 e. The molecule has 0 aromatic heterocycles. The van der Waals surface area contributed by atoms with Crippen LogP contribution in [0.15, 0.2) is 29.8 Å². The summed E-state index contributed by atoms with van der Waals surface area (Å²) < 4.78 is 0. The number of carbonyl (C=O) groups excluding carboxylic acids is 4. The number of hydrogen-bond acceptors (Lipinski definition) is 5. The minimum Gasteiger partial charge on any atom is -0.508 e. The maximum atomic E-state index is 13.6. The van der Waals surface area contributed by atoms with Gasteiger partial charge in [-0.3, -0.25) is 29.0 Å². The van der Waals surface area contributed by atoms with Gasteiger partial charge in [-0.2, -0.15) is 0 Å². The third-order valence-corrected chi connectivity index (χ3v) is 10.0. The molecule has 1 aromatic carbocycles. The number of likely N-dealkylation sites (tertiary alicyclic amines) is 2. The first-order chi connectivity index (χ1) is 16.5. The number of halogens is 4. The van der Waals surface area contributed by atoms with E-state index < -0.39 is 45.2 Å². The van der Waals surface area contributed by atoms with Gasteiger partial charge in [0.05, 0.1) is 17.3 Å². The highest BCUT2D eigenvalue weighted by Crippen LogP contribution is 2.66. The molecule has 1 saturated carbocycles. The number of aromatic hydroxyl groups is 1. The Morgan fingerprint density at radius 2 is 1.80 bits per heavy atom. The quantitative estimate of drug-likeness (QED) is 0.241.